The Bertz CT molecular complexity index is 1080. The number of fused-ring (bicyclic) bond motifs is 2. The zero-order chi connectivity index (χ0) is 22.2. The normalized spacial score (nSPS) is 21.8. The molecule has 0 saturated heterocycles. The molecule has 5 rings (SSSR count). The highest BCUT2D eigenvalue weighted by molar-refractivity contribution is 6.02. The number of carbonyl (C=O) groups is 3. The number of benzene rings is 2. The number of anilines is 3. The van der Waals surface area contributed by atoms with Crippen molar-refractivity contribution in [3.05, 3.63) is 53.6 Å². The average Bonchev–Trinajstić information content (AvgIpc) is 3.42. The molecule has 2 aromatic rings. The van der Waals surface area contributed by atoms with Crippen molar-refractivity contribution in [2.75, 3.05) is 28.2 Å². The van der Waals surface area contributed by atoms with E-state index in [-0.39, 0.29) is 29.6 Å². The molecular formula is C26H29N3O3. The highest BCUT2D eigenvalue weighted by Gasteiger charge is 2.39. The average molecular weight is 432 g/mol. The fourth-order valence-electron chi connectivity index (χ4n) is 5.55. The van der Waals surface area contributed by atoms with E-state index in [4.69, 9.17) is 0 Å². The quantitative estimate of drug-likeness (QED) is 0.801. The fraction of sp³-hybridized carbons (Fsp3) is 0.423. The minimum atomic E-state index is -0.314. The summed E-state index contributed by atoms with van der Waals surface area (Å²) in [5.74, 6) is -0.547. The van der Waals surface area contributed by atoms with Crippen LogP contribution in [0.5, 0.6) is 0 Å². The Hall–Kier alpha value is -3.15. The van der Waals surface area contributed by atoms with Crippen molar-refractivity contribution in [1.29, 1.82) is 0 Å². The van der Waals surface area contributed by atoms with E-state index < -0.39 is 0 Å². The van der Waals surface area contributed by atoms with Gasteiger partial charge >= 0.3 is 0 Å². The zero-order valence-electron chi connectivity index (χ0n) is 18.5. The van der Waals surface area contributed by atoms with Crippen LogP contribution in [0.1, 0.15) is 43.7 Å². The molecule has 1 N–H and O–H groups in total. The third-order valence-electron chi connectivity index (χ3n) is 7.20. The molecule has 3 aliphatic rings. The molecule has 2 atom stereocenters. The van der Waals surface area contributed by atoms with Gasteiger partial charge in [-0.05, 0) is 61.1 Å². The molecule has 2 unspecified atom stereocenters. The van der Waals surface area contributed by atoms with Gasteiger partial charge in [0.15, 0.2) is 0 Å². The molecular weight excluding hydrogens is 402 g/mol. The van der Waals surface area contributed by atoms with Crippen molar-refractivity contribution in [3.8, 4) is 0 Å². The largest absolute Gasteiger partial charge is 0.326 e. The molecule has 6 nitrogen and oxygen atoms in total. The maximum Gasteiger partial charge on any atom is 0.230 e. The van der Waals surface area contributed by atoms with Crippen LogP contribution in [-0.2, 0) is 27.2 Å². The second-order valence-corrected chi connectivity index (χ2v) is 9.12. The molecule has 1 fully saturated rings. The molecule has 0 bridgehead atoms. The lowest BCUT2D eigenvalue weighted by atomic mass is 9.77. The summed E-state index contributed by atoms with van der Waals surface area (Å²) < 4.78 is 0. The topological polar surface area (TPSA) is 69.7 Å². The van der Waals surface area contributed by atoms with Gasteiger partial charge in [0.2, 0.25) is 17.7 Å². The third kappa shape index (κ3) is 3.68. The number of amides is 3. The predicted molar refractivity (Wildman–Crippen MR) is 125 cm³/mol. The number of rotatable bonds is 3. The van der Waals surface area contributed by atoms with Crippen molar-refractivity contribution < 1.29 is 14.4 Å². The van der Waals surface area contributed by atoms with E-state index in [9.17, 15) is 14.4 Å². The number of carbonyl (C=O) groups excluding carboxylic acids is 3. The minimum Gasteiger partial charge on any atom is -0.326 e. The monoisotopic (exact) mass is 431 g/mol. The van der Waals surface area contributed by atoms with Crippen molar-refractivity contribution in [2.24, 2.45) is 11.8 Å². The fourth-order valence-corrected chi connectivity index (χ4v) is 5.55. The first-order valence-corrected chi connectivity index (χ1v) is 11.6. The molecule has 0 radical (unpaired) electrons. The van der Waals surface area contributed by atoms with Crippen molar-refractivity contribution >= 4 is 34.8 Å². The van der Waals surface area contributed by atoms with Crippen molar-refractivity contribution in [3.63, 3.8) is 0 Å². The van der Waals surface area contributed by atoms with Crippen LogP contribution in [-0.4, -0.2) is 30.8 Å². The van der Waals surface area contributed by atoms with Gasteiger partial charge in [-0.15, -0.1) is 0 Å². The van der Waals surface area contributed by atoms with Crippen LogP contribution < -0.4 is 15.1 Å². The lowest BCUT2D eigenvalue weighted by molar-refractivity contribution is -0.132. The third-order valence-corrected chi connectivity index (χ3v) is 7.20. The van der Waals surface area contributed by atoms with E-state index in [1.54, 1.807) is 11.8 Å². The maximum atomic E-state index is 13.5. The minimum absolute atomic E-state index is 0.0348. The van der Waals surface area contributed by atoms with Gasteiger partial charge in [0.05, 0.1) is 5.92 Å². The lowest BCUT2D eigenvalue weighted by Crippen LogP contribution is -2.43. The summed E-state index contributed by atoms with van der Waals surface area (Å²) in [6.07, 6.45) is 5.11. The van der Waals surface area contributed by atoms with Crippen LogP contribution in [0.3, 0.4) is 0 Å². The van der Waals surface area contributed by atoms with E-state index in [0.717, 1.165) is 61.2 Å². The van der Waals surface area contributed by atoms with Gasteiger partial charge in [-0.1, -0.05) is 31.0 Å². The van der Waals surface area contributed by atoms with Gasteiger partial charge in [-0.2, -0.15) is 0 Å². The van der Waals surface area contributed by atoms with Crippen LogP contribution in [0.2, 0.25) is 0 Å². The predicted octanol–water partition coefficient (Wildman–Crippen LogP) is 3.93. The zero-order valence-corrected chi connectivity index (χ0v) is 18.5. The highest BCUT2D eigenvalue weighted by Crippen LogP contribution is 2.37. The van der Waals surface area contributed by atoms with Crippen LogP contribution in [0.15, 0.2) is 42.5 Å². The summed E-state index contributed by atoms with van der Waals surface area (Å²) in [5, 5.41) is 3.07. The second kappa shape index (κ2) is 8.41. The molecule has 3 amide bonds. The van der Waals surface area contributed by atoms with E-state index in [1.165, 1.54) is 5.56 Å². The standard InChI is InChI=1S/C26H29N3O3/c1-17(30)28-14-13-19-16-20(10-11-24(19)28)27-25(31)21-7-3-4-8-22(21)26(32)29-15-12-18-6-2-5-9-23(18)29/h2,5-6,9-11,16,21-22H,3-4,7-8,12-15H2,1H3,(H,27,31). The van der Waals surface area contributed by atoms with Gasteiger partial charge in [-0.25, -0.2) is 0 Å². The molecule has 6 heteroatoms. The molecule has 1 saturated carbocycles. The van der Waals surface area contributed by atoms with Gasteiger partial charge in [0.25, 0.3) is 0 Å². The Morgan fingerprint density at radius 1 is 0.844 bits per heavy atom. The number of nitrogens with one attached hydrogen (secondary N) is 1. The summed E-state index contributed by atoms with van der Waals surface area (Å²) in [7, 11) is 0. The summed E-state index contributed by atoms with van der Waals surface area (Å²) >= 11 is 0. The van der Waals surface area contributed by atoms with E-state index in [0.29, 0.717) is 13.1 Å². The molecule has 32 heavy (non-hydrogen) atoms. The number of para-hydroxylation sites is 1. The van der Waals surface area contributed by atoms with Crippen LogP contribution in [0, 0.1) is 11.8 Å². The summed E-state index contributed by atoms with van der Waals surface area (Å²) in [6.45, 7) is 2.95. The van der Waals surface area contributed by atoms with Crippen LogP contribution in [0.25, 0.3) is 0 Å². The SMILES string of the molecule is CC(=O)N1CCc2cc(NC(=O)C3CCCCC3C(=O)N3CCc4ccccc43)ccc21. The van der Waals surface area contributed by atoms with Crippen LogP contribution >= 0.6 is 0 Å². The first kappa shape index (κ1) is 20.7. The Kier molecular flexibility index (Phi) is 5.45. The molecule has 0 aromatic heterocycles. The Labute approximate surface area is 188 Å². The van der Waals surface area contributed by atoms with Crippen molar-refractivity contribution in [2.45, 2.75) is 45.4 Å². The Morgan fingerprint density at radius 2 is 1.53 bits per heavy atom. The van der Waals surface area contributed by atoms with E-state index in [1.807, 2.05) is 41.3 Å². The maximum absolute atomic E-state index is 13.5. The first-order chi connectivity index (χ1) is 15.5. The molecule has 166 valence electrons. The van der Waals surface area contributed by atoms with Gasteiger partial charge in [-0.3, -0.25) is 14.4 Å². The van der Waals surface area contributed by atoms with E-state index >= 15 is 0 Å². The highest BCUT2D eigenvalue weighted by atomic mass is 16.2. The molecule has 0 spiro atoms. The van der Waals surface area contributed by atoms with Gasteiger partial charge in [0, 0.05) is 43.0 Å². The molecule has 2 aliphatic heterocycles. The number of nitrogens with zero attached hydrogens (tertiary/aromatic N) is 2. The van der Waals surface area contributed by atoms with Crippen molar-refractivity contribution in [1.82, 2.24) is 0 Å². The lowest BCUT2D eigenvalue weighted by Gasteiger charge is -2.32. The van der Waals surface area contributed by atoms with E-state index in [2.05, 4.69) is 11.4 Å². The summed E-state index contributed by atoms with van der Waals surface area (Å²) in [5.41, 5.74) is 4.94. The Morgan fingerprint density at radius 3 is 2.34 bits per heavy atom. The molecule has 2 heterocycles. The number of hydrogen-bond acceptors (Lipinski definition) is 3. The summed E-state index contributed by atoms with van der Waals surface area (Å²) in [6, 6.07) is 13.8. The van der Waals surface area contributed by atoms with Gasteiger partial charge in [0.1, 0.15) is 0 Å². The molecule has 2 aromatic carbocycles. The van der Waals surface area contributed by atoms with Gasteiger partial charge < -0.3 is 15.1 Å². The second-order valence-electron chi connectivity index (χ2n) is 9.12. The Balaban J connectivity index is 1.32. The number of hydrogen-bond donors (Lipinski definition) is 1. The molecule has 1 aliphatic carbocycles. The van der Waals surface area contributed by atoms with Crippen LogP contribution in [0.4, 0.5) is 17.1 Å². The first-order valence-electron chi connectivity index (χ1n) is 11.6. The summed E-state index contributed by atoms with van der Waals surface area (Å²) in [4.78, 5) is 42.2. The smallest absolute Gasteiger partial charge is 0.230 e.